The second-order valence-electron chi connectivity index (χ2n) is 5.29. The smallest absolute Gasteiger partial charge is 0.255 e. The number of hydrogen-bond donors (Lipinski definition) is 1. The van der Waals surface area contributed by atoms with Gasteiger partial charge in [0.05, 0.1) is 26.0 Å². The predicted molar refractivity (Wildman–Crippen MR) is 91.0 cm³/mol. The molecule has 0 aliphatic rings. The van der Waals surface area contributed by atoms with Crippen molar-refractivity contribution in [2.75, 3.05) is 20.8 Å². The molecule has 0 aliphatic carbocycles. The van der Waals surface area contributed by atoms with Gasteiger partial charge >= 0.3 is 0 Å². The number of ether oxygens (including phenoxy) is 2. The van der Waals surface area contributed by atoms with Gasteiger partial charge in [-0.25, -0.2) is 0 Å². The monoisotopic (exact) mass is 341 g/mol. The van der Waals surface area contributed by atoms with Gasteiger partial charge in [0.1, 0.15) is 23.3 Å². The molecule has 0 saturated carbocycles. The first-order chi connectivity index (χ1) is 12.2. The van der Waals surface area contributed by atoms with Crippen molar-refractivity contribution in [1.82, 2.24) is 15.1 Å². The fourth-order valence-corrected chi connectivity index (χ4v) is 2.54. The highest BCUT2D eigenvalue weighted by atomic mass is 16.5. The summed E-state index contributed by atoms with van der Waals surface area (Å²) >= 11 is 0. The Bertz CT molecular complexity index is 779. The lowest BCUT2D eigenvalue weighted by molar-refractivity contribution is 0.0945. The van der Waals surface area contributed by atoms with E-state index in [0.717, 1.165) is 0 Å². The molecule has 2 aromatic heterocycles. The van der Waals surface area contributed by atoms with E-state index >= 15 is 0 Å². The standard InChI is InChI=1S/C18H19N3O4/c1-23-13-6-7-14(17(11-13)24-2)18(22)19-12-15(16-5-3-10-25-16)21-9-4-8-20-21/h3-11,15H,12H2,1-2H3,(H,19,22). The van der Waals surface area contributed by atoms with Crippen LogP contribution >= 0.6 is 0 Å². The Balaban J connectivity index is 1.76. The first-order valence-electron chi connectivity index (χ1n) is 7.75. The Morgan fingerprint density at radius 2 is 2.16 bits per heavy atom. The third kappa shape index (κ3) is 3.65. The highest BCUT2D eigenvalue weighted by Crippen LogP contribution is 2.25. The fourth-order valence-electron chi connectivity index (χ4n) is 2.54. The summed E-state index contributed by atoms with van der Waals surface area (Å²) in [5.41, 5.74) is 0.432. The number of amides is 1. The highest BCUT2D eigenvalue weighted by molar-refractivity contribution is 5.97. The lowest BCUT2D eigenvalue weighted by Gasteiger charge is -2.17. The second-order valence-corrected chi connectivity index (χ2v) is 5.29. The van der Waals surface area contributed by atoms with Crippen molar-refractivity contribution in [2.45, 2.75) is 6.04 Å². The number of nitrogens with zero attached hydrogens (tertiary/aromatic N) is 2. The summed E-state index contributed by atoms with van der Waals surface area (Å²) in [5, 5.41) is 7.15. The molecule has 7 nitrogen and oxygen atoms in total. The molecule has 0 aliphatic heterocycles. The maximum absolute atomic E-state index is 12.6. The first-order valence-corrected chi connectivity index (χ1v) is 7.75. The van der Waals surface area contributed by atoms with Crippen LogP contribution in [0.25, 0.3) is 0 Å². The molecule has 1 atom stereocenters. The van der Waals surface area contributed by atoms with E-state index < -0.39 is 0 Å². The van der Waals surface area contributed by atoms with Gasteiger partial charge < -0.3 is 19.2 Å². The summed E-state index contributed by atoms with van der Waals surface area (Å²) < 4.78 is 17.7. The molecule has 3 rings (SSSR count). The summed E-state index contributed by atoms with van der Waals surface area (Å²) in [7, 11) is 3.08. The number of hydrogen-bond acceptors (Lipinski definition) is 5. The van der Waals surface area contributed by atoms with Crippen LogP contribution in [0.3, 0.4) is 0 Å². The zero-order valence-corrected chi connectivity index (χ0v) is 14.0. The number of furan rings is 1. The van der Waals surface area contributed by atoms with E-state index in [-0.39, 0.29) is 11.9 Å². The Morgan fingerprint density at radius 3 is 2.80 bits per heavy atom. The number of nitrogens with one attached hydrogen (secondary N) is 1. The molecule has 1 amide bonds. The summed E-state index contributed by atoms with van der Waals surface area (Å²) in [5.74, 6) is 1.54. The van der Waals surface area contributed by atoms with Gasteiger partial charge in [-0.05, 0) is 30.3 Å². The number of benzene rings is 1. The van der Waals surface area contributed by atoms with Crippen molar-refractivity contribution >= 4 is 5.91 Å². The third-order valence-electron chi connectivity index (χ3n) is 3.83. The Labute approximate surface area is 145 Å². The average Bonchev–Trinajstić information content (AvgIpc) is 3.35. The number of aromatic nitrogens is 2. The van der Waals surface area contributed by atoms with Crippen LogP contribution in [0.15, 0.2) is 59.5 Å². The van der Waals surface area contributed by atoms with Crippen LogP contribution in [0.4, 0.5) is 0 Å². The molecule has 130 valence electrons. The van der Waals surface area contributed by atoms with Crippen molar-refractivity contribution in [3.63, 3.8) is 0 Å². The van der Waals surface area contributed by atoms with Crippen LogP contribution in [0.2, 0.25) is 0 Å². The zero-order valence-electron chi connectivity index (χ0n) is 14.0. The molecule has 3 aromatic rings. The minimum atomic E-state index is -0.247. The summed E-state index contributed by atoms with van der Waals surface area (Å²) in [6.45, 7) is 0.323. The van der Waals surface area contributed by atoms with E-state index in [1.807, 2.05) is 18.3 Å². The molecule has 1 aromatic carbocycles. The SMILES string of the molecule is COc1ccc(C(=O)NCC(c2ccco2)n2cccn2)c(OC)c1. The molecular formula is C18H19N3O4. The molecule has 1 unspecified atom stereocenters. The molecule has 0 saturated heterocycles. The van der Waals surface area contributed by atoms with Crippen LogP contribution in [0.5, 0.6) is 11.5 Å². The van der Waals surface area contributed by atoms with Crippen molar-refractivity contribution in [3.05, 3.63) is 66.4 Å². The zero-order chi connectivity index (χ0) is 17.6. The van der Waals surface area contributed by atoms with E-state index in [9.17, 15) is 4.79 Å². The van der Waals surface area contributed by atoms with Gasteiger partial charge in [0.15, 0.2) is 0 Å². The van der Waals surface area contributed by atoms with E-state index in [1.54, 1.807) is 48.5 Å². The van der Waals surface area contributed by atoms with Crippen molar-refractivity contribution in [2.24, 2.45) is 0 Å². The Morgan fingerprint density at radius 1 is 1.28 bits per heavy atom. The molecule has 7 heteroatoms. The molecule has 0 fully saturated rings. The molecule has 0 spiro atoms. The number of carbonyl (C=O) groups is 1. The van der Waals surface area contributed by atoms with Crippen LogP contribution < -0.4 is 14.8 Å². The van der Waals surface area contributed by atoms with E-state index in [1.165, 1.54) is 7.11 Å². The summed E-state index contributed by atoms with van der Waals surface area (Å²) in [6, 6.07) is 10.3. The molecule has 0 radical (unpaired) electrons. The van der Waals surface area contributed by atoms with Gasteiger partial charge in [-0.15, -0.1) is 0 Å². The quantitative estimate of drug-likeness (QED) is 0.714. The van der Waals surface area contributed by atoms with Crippen molar-refractivity contribution < 1.29 is 18.7 Å². The fraction of sp³-hybridized carbons (Fsp3) is 0.222. The summed E-state index contributed by atoms with van der Waals surface area (Å²) in [4.78, 5) is 12.6. The van der Waals surface area contributed by atoms with Gasteiger partial charge in [-0.2, -0.15) is 5.10 Å². The number of rotatable bonds is 7. The minimum Gasteiger partial charge on any atom is -0.497 e. The van der Waals surface area contributed by atoms with E-state index in [0.29, 0.717) is 29.4 Å². The van der Waals surface area contributed by atoms with Crippen LogP contribution in [0.1, 0.15) is 22.2 Å². The second kappa shape index (κ2) is 7.57. The van der Waals surface area contributed by atoms with Gasteiger partial charge in [0, 0.05) is 25.0 Å². The van der Waals surface area contributed by atoms with Crippen molar-refractivity contribution in [3.8, 4) is 11.5 Å². The number of carbonyl (C=O) groups excluding carboxylic acids is 1. The largest absolute Gasteiger partial charge is 0.497 e. The average molecular weight is 341 g/mol. The van der Waals surface area contributed by atoms with Gasteiger partial charge in [0.2, 0.25) is 0 Å². The lowest BCUT2D eigenvalue weighted by Crippen LogP contribution is -2.31. The van der Waals surface area contributed by atoms with E-state index in [2.05, 4.69) is 10.4 Å². The minimum absolute atomic E-state index is 0.238. The molecule has 2 heterocycles. The molecular weight excluding hydrogens is 322 g/mol. The predicted octanol–water partition coefficient (Wildman–Crippen LogP) is 2.51. The van der Waals surface area contributed by atoms with E-state index in [4.69, 9.17) is 13.9 Å². The molecule has 0 bridgehead atoms. The molecule has 25 heavy (non-hydrogen) atoms. The van der Waals surface area contributed by atoms with Crippen LogP contribution in [-0.4, -0.2) is 36.5 Å². The van der Waals surface area contributed by atoms with Crippen LogP contribution in [0, 0.1) is 0 Å². The first kappa shape index (κ1) is 16.6. The van der Waals surface area contributed by atoms with Crippen molar-refractivity contribution in [1.29, 1.82) is 0 Å². The third-order valence-corrected chi connectivity index (χ3v) is 3.83. The van der Waals surface area contributed by atoms with Gasteiger partial charge in [0.25, 0.3) is 5.91 Å². The maximum Gasteiger partial charge on any atom is 0.255 e. The van der Waals surface area contributed by atoms with Crippen LogP contribution in [-0.2, 0) is 0 Å². The normalized spacial score (nSPS) is 11.8. The van der Waals surface area contributed by atoms with Gasteiger partial charge in [-0.3, -0.25) is 9.48 Å². The lowest BCUT2D eigenvalue weighted by atomic mass is 10.1. The topological polar surface area (TPSA) is 78.5 Å². The maximum atomic E-state index is 12.6. The highest BCUT2D eigenvalue weighted by Gasteiger charge is 2.20. The van der Waals surface area contributed by atoms with Gasteiger partial charge in [-0.1, -0.05) is 0 Å². The summed E-state index contributed by atoms with van der Waals surface area (Å²) in [6.07, 6.45) is 5.11. The Kier molecular flexibility index (Phi) is 5.03. The molecule has 1 N–H and O–H groups in total. The number of methoxy groups -OCH3 is 2. The Hall–Kier alpha value is -3.22.